The summed E-state index contributed by atoms with van der Waals surface area (Å²) >= 11 is 0. The maximum atomic E-state index is 9.53. The van der Waals surface area contributed by atoms with E-state index < -0.39 is 6.17 Å². The molecule has 6 heteroatoms. The first kappa shape index (κ1) is 11.6. The first-order chi connectivity index (χ1) is 3.85. The van der Waals surface area contributed by atoms with Gasteiger partial charge in [-0.1, -0.05) is 0 Å². The van der Waals surface area contributed by atoms with E-state index in [0.29, 0.717) is 0 Å². The Morgan fingerprint density at radius 1 is 1.33 bits per heavy atom. The third-order valence-electron chi connectivity index (χ3n) is 0.668. The van der Waals surface area contributed by atoms with Gasteiger partial charge in [-0.05, 0) is 16.9 Å². The van der Waals surface area contributed by atoms with Crippen molar-refractivity contribution in [3.8, 4) is 0 Å². The second-order valence-corrected chi connectivity index (χ2v) is 1.27. The molecule has 0 aliphatic carbocycles. The van der Waals surface area contributed by atoms with Gasteiger partial charge < -0.3 is 5.73 Å². The van der Waals surface area contributed by atoms with Crippen LogP contribution < -0.4 is 5.73 Å². The number of nitrogens with zero attached hydrogens (tertiary/aromatic N) is 2. The monoisotopic (exact) mass is 312 g/mol. The average molecular weight is 312 g/mol. The zero-order chi connectivity index (χ0) is 6.41. The van der Waals surface area contributed by atoms with Crippen molar-refractivity contribution in [1.29, 1.82) is 0 Å². The molecule has 5 nitrogen and oxygen atoms in total. The minimum atomic E-state index is -0.986. The van der Waals surface area contributed by atoms with Gasteiger partial charge in [-0.2, -0.15) is 0 Å². The van der Waals surface area contributed by atoms with Crippen molar-refractivity contribution in [2.45, 2.75) is 12.6 Å². The summed E-state index contributed by atoms with van der Waals surface area (Å²) in [5, 5.41) is 4.77. The molecule has 0 rings (SSSR count). The maximum absolute atomic E-state index is 9.53. The van der Waals surface area contributed by atoms with Crippen LogP contribution >= 0.6 is 0 Å². The second-order valence-electron chi connectivity index (χ2n) is 1.27. The van der Waals surface area contributed by atoms with Gasteiger partial charge in [0.15, 0.2) is 0 Å². The Balaban J connectivity index is 0. The van der Waals surface area contributed by atoms with Crippen LogP contribution in [0.5, 0.6) is 0 Å². The molecular formula is C3H7N3O2Pt. The molecule has 0 saturated carbocycles. The van der Waals surface area contributed by atoms with Gasteiger partial charge in [-0.3, -0.25) is 0 Å². The Morgan fingerprint density at radius 3 is 1.89 bits per heavy atom. The van der Waals surface area contributed by atoms with E-state index in [1.165, 1.54) is 0 Å². The third-order valence-corrected chi connectivity index (χ3v) is 0.668. The van der Waals surface area contributed by atoms with Gasteiger partial charge in [0, 0.05) is 27.5 Å². The molecule has 0 aromatic rings. The molecular weight excluding hydrogens is 305 g/mol. The van der Waals surface area contributed by atoms with Crippen LogP contribution in [0.4, 0.5) is 0 Å². The van der Waals surface area contributed by atoms with Crippen LogP contribution in [-0.4, -0.2) is 12.7 Å². The molecule has 0 spiro atoms. The number of rotatable bonds is 4. The Labute approximate surface area is 66.6 Å². The normalized spacial score (nSPS) is 8.22. The molecule has 0 aliphatic rings. The number of nitrogens with two attached hydrogens (primary N) is 1. The fraction of sp³-hybridized carbons (Fsp3) is 1.00. The average Bonchev–Trinajstić information content (AvgIpc) is 1.83. The van der Waals surface area contributed by atoms with Crippen molar-refractivity contribution in [3.05, 3.63) is 9.81 Å². The summed E-state index contributed by atoms with van der Waals surface area (Å²) in [5.41, 5.74) is 4.98. The van der Waals surface area contributed by atoms with Crippen LogP contribution in [0.25, 0.3) is 0 Å². The Bertz CT molecular complexity index is 81.1. The van der Waals surface area contributed by atoms with Gasteiger partial charge in [0.25, 0.3) is 0 Å². The standard InChI is InChI=1S/C3H7N3O2.Pt/c4-2-1-3(5-7)6-8;/h3H,1-2,4H2;. The van der Waals surface area contributed by atoms with E-state index in [2.05, 4.69) is 10.4 Å². The van der Waals surface area contributed by atoms with Crippen LogP contribution in [0.1, 0.15) is 6.42 Å². The zero-order valence-electron chi connectivity index (χ0n) is 4.60. The summed E-state index contributed by atoms with van der Waals surface area (Å²) in [6.45, 7) is 0.266. The largest absolute Gasteiger partial charge is 0.330 e. The van der Waals surface area contributed by atoms with E-state index in [1.807, 2.05) is 0 Å². The quantitative estimate of drug-likeness (QED) is 0.752. The van der Waals surface area contributed by atoms with Gasteiger partial charge in [0.05, 0.1) is 0 Å². The molecule has 0 fully saturated rings. The Kier molecular flexibility index (Phi) is 10.1. The van der Waals surface area contributed by atoms with Gasteiger partial charge in [0.2, 0.25) is 6.17 Å². The fourth-order valence-corrected chi connectivity index (χ4v) is 0.274. The maximum Gasteiger partial charge on any atom is 0.223 e. The topological polar surface area (TPSA) is 84.9 Å². The van der Waals surface area contributed by atoms with E-state index >= 15 is 0 Å². The molecule has 56 valence electrons. The van der Waals surface area contributed by atoms with Gasteiger partial charge in [-0.15, -0.1) is 9.81 Å². The molecule has 2 N–H and O–H groups in total. The van der Waals surface area contributed by atoms with Gasteiger partial charge in [-0.25, -0.2) is 0 Å². The van der Waals surface area contributed by atoms with Gasteiger partial charge in [0.1, 0.15) is 0 Å². The van der Waals surface area contributed by atoms with Crippen LogP contribution in [0.2, 0.25) is 0 Å². The molecule has 0 atom stereocenters. The summed E-state index contributed by atoms with van der Waals surface area (Å²) < 4.78 is 0. The minimum Gasteiger partial charge on any atom is -0.330 e. The SMILES string of the molecule is NCCC(N=O)N=O.[Pt]. The minimum absolute atomic E-state index is 0. The third kappa shape index (κ3) is 5.72. The summed E-state index contributed by atoms with van der Waals surface area (Å²) in [5.74, 6) is 0. The number of hydrogen-bond acceptors (Lipinski definition) is 5. The van der Waals surface area contributed by atoms with Crippen molar-refractivity contribution in [2.24, 2.45) is 16.1 Å². The van der Waals surface area contributed by atoms with Crippen LogP contribution in [0, 0.1) is 9.81 Å². The first-order valence-electron chi connectivity index (χ1n) is 2.20. The van der Waals surface area contributed by atoms with Crippen LogP contribution in [0.15, 0.2) is 10.4 Å². The summed E-state index contributed by atoms with van der Waals surface area (Å²) in [6, 6.07) is 0. The number of hydrogen-bond donors (Lipinski definition) is 1. The fourth-order valence-electron chi connectivity index (χ4n) is 0.274. The van der Waals surface area contributed by atoms with E-state index in [0.717, 1.165) is 0 Å². The molecule has 0 amide bonds. The number of nitroso groups, excluding NO2 is 2. The summed E-state index contributed by atoms with van der Waals surface area (Å²) in [7, 11) is 0. The van der Waals surface area contributed by atoms with Crippen LogP contribution in [-0.2, 0) is 21.1 Å². The summed E-state index contributed by atoms with van der Waals surface area (Å²) in [6.07, 6.45) is -0.743. The van der Waals surface area contributed by atoms with Crippen molar-refractivity contribution < 1.29 is 21.1 Å². The van der Waals surface area contributed by atoms with Crippen LogP contribution in [0.3, 0.4) is 0 Å². The Hall–Kier alpha value is -0.152. The van der Waals surface area contributed by atoms with E-state index in [4.69, 9.17) is 5.73 Å². The molecule has 9 heavy (non-hydrogen) atoms. The molecule has 0 unspecified atom stereocenters. The van der Waals surface area contributed by atoms with E-state index in [-0.39, 0.29) is 34.0 Å². The van der Waals surface area contributed by atoms with Crippen molar-refractivity contribution in [1.82, 2.24) is 0 Å². The predicted molar refractivity (Wildman–Crippen MR) is 29.0 cm³/mol. The molecule has 0 radical (unpaired) electrons. The smallest absolute Gasteiger partial charge is 0.223 e. The van der Waals surface area contributed by atoms with E-state index in [9.17, 15) is 9.81 Å². The molecule has 0 aliphatic heterocycles. The molecule has 0 aromatic carbocycles. The summed E-state index contributed by atoms with van der Waals surface area (Å²) in [4.78, 5) is 19.1. The van der Waals surface area contributed by atoms with Crippen molar-refractivity contribution in [2.75, 3.05) is 6.54 Å². The molecule has 0 heterocycles. The second kappa shape index (κ2) is 7.85. The first-order valence-corrected chi connectivity index (χ1v) is 2.20. The molecule has 0 bridgehead atoms. The molecule has 0 saturated heterocycles. The molecule has 0 aromatic heterocycles. The predicted octanol–water partition coefficient (Wildman–Crippen LogP) is 0.192. The van der Waals surface area contributed by atoms with Gasteiger partial charge >= 0.3 is 0 Å². The Morgan fingerprint density at radius 2 is 1.78 bits per heavy atom. The van der Waals surface area contributed by atoms with E-state index in [1.54, 1.807) is 0 Å². The van der Waals surface area contributed by atoms with Crippen molar-refractivity contribution >= 4 is 0 Å². The zero-order valence-corrected chi connectivity index (χ0v) is 6.87. The van der Waals surface area contributed by atoms with Crippen molar-refractivity contribution in [3.63, 3.8) is 0 Å².